The Morgan fingerprint density at radius 1 is 1.08 bits per heavy atom. The normalized spacial score (nSPS) is 12.1. The van der Waals surface area contributed by atoms with Crippen LogP contribution in [0.4, 0.5) is 14.5 Å². The standard InChI is InChI=1S/C29H30ClF2N5O2/c1-18(2)15-26(36(14-6-13-33)28(38)19-9-12-23(31)24(32)16-19)27-34-25-17-20(30)10-11-22(25)29(39)37(27)35-21-7-4-3-5-8-21/h3-5,7-12,16-18,26,35H,6,13-15,33H2,1-2H3. The summed E-state index contributed by atoms with van der Waals surface area (Å²) in [5.41, 5.74) is 9.57. The maximum Gasteiger partial charge on any atom is 0.280 e. The number of aromatic nitrogens is 2. The average Bonchev–Trinajstić information content (AvgIpc) is 2.91. The van der Waals surface area contributed by atoms with Crippen molar-refractivity contribution in [1.82, 2.24) is 14.6 Å². The Hall–Kier alpha value is -3.82. The number of amides is 1. The number of benzene rings is 3. The molecule has 4 rings (SSSR count). The lowest BCUT2D eigenvalue weighted by atomic mass is 9.99. The second kappa shape index (κ2) is 12.4. The van der Waals surface area contributed by atoms with E-state index >= 15 is 0 Å². The third-order valence-corrected chi connectivity index (χ3v) is 6.51. The maximum absolute atomic E-state index is 14.1. The molecule has 1 aromatic heterocycles. The molecule has 1 amide bonds. The molecule has 0 saturated carbocycles. The van der Waals surface area contributed by atoms with Gasteiger partial charge < -0.3 is 10.6 Å². The van der Waals surface area contributed by atoms with Gasteiger partial charge >= 0.3 is 0 Å². The smallest absolute Gasteiger partial charge is 0.280 e. The molecule has 4 aromatic rings. The summed E-state index contributed by atoms with van der Waals surface area (Å²) in [6.45, 7) is 4.48. The average molecular weight is 554 g/mol. The van der Waals surface area contributed by atoms with Crippen molar-refractivity contribution in [1.29, 1.82) is 0 Å². The molecule has 0 fully saturated rings. The molecular formula is C29H30ClF2N5O2. The molecule has 0 bridgehead atoms. The van der Waals surface area contributed by atoms with Gasteiger partial charge in [-0.3, -0.25) is 15.0 Å². The Bertz CT molecular complexity index is 1530. The highest BCUT2D eigenvalue weighted by atomic mass is 35.5. The van der Waals surface area contributed by atoms with Gasteiger partial charge in [-0.05, 0) is 73.8 Å². The zero-order valence-corrected chi connectivity index (χ0v) is 22.5. The Kier molecular flexibility index (Phi) is 8.93. The van der Waals surface area contributed by atoms with Gasteiger partial charge in [-0.2, -0.15) is 0 Å². The molecule has 1 unspecified atom stereocenters. The van der Waals surface area contributed by atoms with Crippen molar-refractivity contribution in [2.45, 2.75) is 32.7 Å². The van der Waals surface area contributed by atoms with Gasteiger partial charge in [-0.1, -0.05) is 43.6 Å². The molecule has 0 aliphatic carbocycles. The van der Waals surface area contributed by atoms with E-state index in [0.29, 0.717) is 41.0 Å². The van der Waals surface area contributed by atoms with E-state index in [0.717, 1.165) is 12.1 Å². The minimum Gasteiger partial charge on any atom is -0.330 e. The lowest BCUT2D eigenvalue weighted by Crippen LogP contribution is -2.42. The fourth-order valence-corrected chi connectivity index (χ4v) is 4.59. The molecule has 0 aliphatic rings. The summed E-state index contributed by atoms with van der Waals surface area (Å²) < 4.78 is 29.1. The molecule has 0 saturated heterocycles. The van der Waals surface area contributed by atoms with Gasteiger partial charge in [-0.25, -0.2) is 18.4 Å². The number of nitrogens with one attached hydrogen (secondary N) is 1. The molecule has 7 nitrogen and oxygen atoms in total. The molecule has 10 heteroatoms. The lowest BCUT2D eigenvalue weighted by molar-refractivity contribution is 0.0637. The lowest BCUT2D eigenvalue weighted by Gasteiger charge is -2.34. The van der Waals surface area contributed by atoms with Crippen molar-refractivity contribution < 1.29 is 13.6 Å². The molecule has 0 spiro atoms. The first-order chi connectivity index (χ1) is 18.7. The molecule has 1 atom stereocenters. The van der Waals surface area contributed by atoms with Crippen molar-refractivity contribution in [3.63, 3.8) is 0 Å². The number of hydrogen-bond acceptors (Lipinski definition) is 5. The van der Waals surface area contributed by atoms with E-state index in [-0.39, 0.29) is 29.4 Å². The SMILES string of the molecule is CC(C)CC(c1nc2cc(Cl)ccc2c(=O)n1Nc1ccccc1)N(CCCN)C(=O)c1ccc(F)c(F)c1. The second-order valence-electron chi connectivity index (χ2n) is 9.66. The number of fused-ring (bicyclic) bond motifs is 1. The van der Waals surface area contributed by atoms with E-state index in [1.54, 1.807) is 30.3 Å². The van der Waals surface area contributed by atoms with Crippen LogP contribution >= 0.6 is 11.6 Å². The first-order valence-corrected chi connectivity index (χ1v) is 13.1. The van der Waals surface area contributed by atoms with Crippen molar-refractivity contribution >= 4 is 34.1 Å². The highest BCUT2D eigenvalue weighted by Crippen LogP contribution is 2.30. The predicted octanol–water partition coefficient (Wildman–Crippen LogP) is 5.78. The van der Waals surface area contributed by atoms with Crippen molar-refractivity contribution in [3.05, 3.63) is 105 Å². The highest BCUT2D eigenvalue weighted by Gasteiger charge is 2.31. The molecule has 39 heavy (non-hydrogen) atoms. The van der Waals surface area contributed by atoms with Crippen LogP contribution in [0.1, 0.15) is 48.9 Å². The van der Waals surface area contributed by atoms with Gasteiger partial charge in [0.15, 0.2) is 17.5 Å². The fourth-order valence-electron chi connectivity index (χ4n) is 4.42. The largest absolute Gasteiger partial charge is 0.330 e. The Morgan fingerprint density at radius 2 is 1.82 bits per heavy atom. The summed E-state index contributed by atoms with van der Waals surface area (Å²) in [5.74, 6) is -2.35. The molecule has 1 heterocycles. The van der Waals surface area contributed by atoms with E-state index in [1.165, 1.54) is 15.6 Å². The number of anilines is 1. The number of halogens is 3. The van der Waals surface area contributed by atoms with Gasteiger partial charge in [0.05, 0.1) is 22.6 Å². The summed E-state index contributed by atoms with van der Waals surface area (Å²) >= 11 is 6.24. The second-order valence-corrected chi connectivity index (χ2v) is 10.1. The van der Waals surface area contributed by atoms with Gasteiger partial charge in [0.1, 0.15) is 0 Å². The first kappa shape index (κ1) is 28.2. The molecule has 204 valence electrons. The third kappa shape index (κ3) is 6.43. The Labute approximate surface area is 230 Å². The molecule has 0 radical (unpaired) electrons. The van der Waals surface area contributed by atoms with Crippen LogP contribution < -0.4 is 16.7 Å². The van der Waals surface area contributed by atoms with Crippen LogP contribution in [0.5, 0.6) is 0 Å². The number of carbonyl (C=O) groups is 1. The Morgan fingerprint density at radius 3 is 2.49 bits per heavy atom. The van der Waals surface area contributed by atoms with Crippen LogP contribution in [0.3, 0.4) is 0 Å². The summed E-state index contributed by atoms with van der Waals surface area (Å²) in [6.07, 6.45) is 0.870. The molecule has 0 aliphatic heterocycles. The van der Waals surface area contributed by atoms with E-state index < -0.39 is 23.6 Å². The van der Waals surface area contributed by atoms with Crippen LogP contribution in [0.2, 0.25) is 5.02 Å². The van der Waals surface area contributed by atoms with Gasteiger partial charge in [0.25, 0.3) is 11.5 Å². The monoisotopic (exact) mass is 553 g/mol. The van der Waals surface area contributed by atoms with Gasteiger partial charge in [-0.15, -0.1) is 0 Å². The minimum atomic E-state index is -1.12. The molecule has 3 aromatic carbocycles. The van der Waals surface area contributed by atoms with Crippen LogP contribution in [0.15, 0.2) is 71.5 Å². The predicted molar refractivity (Wildman–Crippen MR) is 150 cm³/mol. The number of para-hydroxylation sites is 1. The van der Waals surface area contributed by atoms with Crippen LogP contribution in [-0.4, -0.2) is 33.6 Å². The number of rotatable bonds is 10. The fraction of sp³-hybridized carbons (Fsp3) is 0.276. The molecular weight excluding hydrogens is 524 g/mol. The molecule has 3 N–H and O–H groups in total. The quantitative estimate of drug-likeness (QED) is 0.260. The van der Waals surface area contributed by atoms with E-state index in [9.17, 15) is 18.4 Å². The van der Waals surface area contributed by atoms with Crippen molar-refractivity contribution in [3.8, 4) is 0 Å². The van der Waals surface area contributed by atoms with E-state index in [4.69, 9.17) is 22.3 Å². The zero-order valence-electron chi connectivity index (χ0n) is 21.7. The van der Waals surface area contributed by atoms with E-state index in [1.807, 2.05) is 32.0 Å². The summed E-state index contributed by atoms with van der Waals surface area (Å²) in [7, 11) is 0. The van der Waals surface area contributed by atoms with Crippen LogP contribution in [-0.2, 0) is 0 Å². The summed E-state index contributed by atoms with van der Waals surface area (Å²) in [4.78, 5) is 34.0. The summed E-state index contributed by atoms with van der Waals surface area (Å²) in [6, 6.07) is 16.3. The number of nitrogens with zero attached hydrogens (tertiary/aromatic N) is 3. The number of carbonyl (C=O) groups excluding carboxylic acids is 1. The van der Waals surface area contributed by atoms with Gasteiger partial charge in [0.2, 0.25) is 0 Å². The van der Waals surface area contributed by atoms with Crippen LogP contribution in [0, 0.1) is 17.6 Å². The number of hydrogen-bond donors (Lipinski definition) is 2. The third-order valence-electron chi connectivity index (χ3n) is 6.27. The first-order valence-electron chi connectivity index (χ1n) is 12.7. The van der Waals surface area contributed by atoms with Crippen molar-refractivity contribution in [2.24, 2.45) is 11.7 Å². The Balaban J connectivity index is 1.94. The van der Waals surface area contributed by atoms with Crippen molar-refractivity contribution in [2.75, 3.05) is 18.5 Å². The minimum absolute atomic E-state index is 0.0200. The zero-order chi connectivity index (χ0) is 28.1. The summed E-state index contributed by atoms with van der Waals surface area (Å²) in [5, 5.41) is 0.752. The van der Waals surface area contributed by atoms with Gasteiger partial charge in [0, 0.05) is 17.1 Å². The van der Waals surface area contributed by atoms with Crippen LogP contribution in [0.25, 0.3) is 10.9 Å². The topological polar surface area (TPSA) is 93.2 Å². The highest BCUT2D eigenvalue weighted by molar-refractivity contribution is 6.31. The maximum atomic E-state index is 14.1. The van der Waals surface area contributed by atoms with E-state index in [2.05, 4.69) is 5.43 Å². The number of nitrogens with two attached hydrogens (primary N) is 1.